The zero-order valence-electron chi connectivity index (χ0n) is 12.9. The van der Waals surface area contributed by atoms with Gasteiger partial charge in [0, 0.05) is 11.4 Å². The predicted octanol–water partition coefficient (Wildman–Crippen LogP) is 3.45. The topological polar surface area (TPSA) is 59.8 Å². The Morgan fingerprint density at radius 3 is 2.83 bits per heavy atom. The summed E-state index contributed by atoms with van der Waals surface area (Å²) in [5.41, 5.74) is 2.21. The first-order chi connectivity index (χ1) is 11.6. The molecule has 3 aromatic rings. The molecule has 0 saturated carbocycles. The van der Waals surface area contributed by atoms with Crippen LogP contribution in [0.25, 0.3) is 5.69 Å². The van der Waals surface area contributed by atoms with Crippen LogP contribution >= 0.6 is 11.8 Å². The average molecular weight is 342 g/mol. The SMILES string of the molecule is Cc1ccc(F)cc1NC(=O)CSc1nncn1-c1ccccc1. The molecule has 1 amide bonds. The van der Waals surface area contributed by atoms with Crippen LogP contribution in [0.1, 0.15) is 5.56 Å². The maximum Gasteiger partial charge on any atom is 0.234 e. The molecule has 5 nitrogen and oxygen atoms in total. The van der Waals surface area contributed by atoms with Gasteiger partial charge in [-0.1, -0.05) is 36.0 Å². The molecule has 0 unspecified atom stereocenters. The Balaban J connectivity index is 1.65. The van der Waals surface area contributed by atoms with Gasteiger partial charge in [-0.05, 0) is 36.8 Å². The molecule has 0 bridgehead atoms. The fraction of sp³-hybridized carbons (Fsp3) is 0.118. The number of carbonyl (C=O) groups excluding carboxylic acids is 1. The Hall–Kier alpha value is -2.67. The van der Waals surface area contributed by atoms with Crippen molar-refractivity contribution in [1.29, 1.82) is 0 Å². The van der Waals surface area contributed by atoms with Gasteiger partial charge in [-0.2, -0.15) is 0 Å². The second kappa shape index (κ2) is 7.27. The summed E-state index contributed by atoms with van der Waals surface area (Å²) in [7, 11) is 0. The van der Waals surface area contributed by atoms with Crippen molar-refractivity contribution in [3.8, 4) is 5.69 Å². The van der Waals surface area contributed by atoms with Gasteiger partial charge in [0.05, 0.1) is 5.75 Å². The van der Waals surface area contributed by atoms with E-state index in [1.807, 2.05) is 41.8 Å². The van der Waals surface area contributed by atoms with Crippen molar-refractivity contribution in [3.63, 3.8) is 0 Å². The Labute approximate surface area is 142 Å². The van der Waals surface area contributed by atoms with Gasteiger partial charge in [-0.25, -0.2) is 4.39 Å². The number of thioether (sulfide) groups is 1. The smallest absolute Gasteiger partial charge is 0.234 e. The highest BCUT2D eigenvalue weighted by molar-refractivity contribution is 7.99. The van der Waals surface area contributed by atoms with Crippen LogP contribution in [-0.4, -0.2) is 26.4 Å². The van der Waals surface area contributed by atoms with Gasteiger partial charge in [0.1, 0.15) is 12.1 Å². The minimum absolute atomic E-state index is 0.154. The summed E-state index contributed by atoms with van der Waals surface area (Å²) in [5.74, 6) is -0.453. The lowest BCUT2D eigenvalue weighted by Crippen LogP contribution is -2.15. The molecule has 0 radical (unpaired) electrons. The minimum atomic E-state index is -0.382. The van der Waals surface area contributed by atoms with Crippen LogP contribution in [0.2, 0.25) is 0 Å². The maximum atomic E-state index is 13.3. The molecule has 0 atom stereocenters. The lowest BCUT2D eigenvalue weighted by molar-refractivity contribution is -0.113. The van der Waals surface area contributed by atoms with Gasteiger partial charge in [0.15, 0.2) is 5.16 Å². The van der Waals surface area contributed by atoms with Crippen molar-refractivity contribution in [1.82, 2.24) is 14.8 Å². The first kappa shape index (κ1) is 16.2. The monoisotopic (exact) mass is 342 g/mol. The highest BCUT2D eigenvalue weighted by Crippen LogP contribution is 2.20. The van der Waals surface area contributed by atoms with E-state index in [0.29, 0.717) is 10.8 Å². The number of aromatic nitrogens is 3. The summed E-state index contributed by atoms with van der Waals surface area (Å²) in [6.45, 7) is 1.81. The van der Waals surface area contributed by atoms with Crippen LogP contribution in [-0.2, 0) is 4.79 Å². The quantitative estimate of drug-likeness (QED) is 0.722. The fourth-order valence-corrected chi connectivity index (χ4v) is 2.86. The summed E-state index contributed by atoms with van der Waals surface area (Å²) in [6.07, 6.45) is 1.60. The van der Waals surface area contributed by atoms with Gasteiger partial charge >= 0.3 is 0 Å². The van der Waals surface area contributed by atoms with Crippen molar-refractivity contribution < 1.29 is 9.18 Å². The molecular formula is C17H15FN4OS. The third-order valence-electron chi connectivity index (χ3n) is 3.36. The number of nitrogens with zero attached hydrogens (tertiary/aromatic N) is 3. The molecule has 0 fully saturated rings. The number of carbonyl (C=O) groups is 1. The molecule has 7 heteroatoms. The van der Waals surface area contributed by atoms with E-state index in [9.17, 15) is 9.18 Å². The first-order valence-electron chi connectivity index (χ1n) is 7.28. The van der Waals surface area contributed by atoms with Gasteiger partial charge in [-0.15, -0.1) is 10.2 Å². The number of para-hydroxylation sites is 1. The predicted molar refractivity (Wildman–Crippen MR) is 91.8 cm³/mol. The number of anilines is 1. The number of aryl methyl sites for hydroxylation is 1. The van der Waals surface area contributed by atoms with E-state index in [0.717, 1.165) is 11.3 Å². The Bertz CT molecular complexity index is 851. The molecule has 0 spiro atoms. The van der Waals surface area contributed by atoms with Crippen LogP contribution < -0.4 is 5.32 Å². The number of halogens is 1. The molecule has 0 aliphatic rings. The Kier molecular flexibility index (Phi) is 4.90. The molecule has 2 aromatic carbocycles. The van der Waals surface area contributed by atoms with Crippen LogP contribution in [0.15, 0.2) is 60.0 Å². The van der Waals surface area contributed by atoms with E-state index in [-0.39, 0.29) is 17.5 Å². The molecule has 24 heavy (non-hydrogen) atoms. The number of benzene rings is 2. The van der Waals surface area contributed by atoms with E-state index in [2.05, 4.69) is 15.5 Å². The second-order valence-corrected chi connectivity index (χ2v) is 6.06. The van der Waals surface area contributed by atoms with E-state index in [1.54, 1.807) is 12.4 Å². The van der Waals surface area contributed by atoms with Crippen molar-refractivity contribution in [2.75, 3.05) is 11.1 Å². The lowest BCUT2D eigenvalue weighted by Gasteiger charge is -2.09. The number of nitrogens with one attached hydrogen (secondary N) is 1. The third kappa shape index (κ3) is 3.80. The number of amides is 1. The van der Waals surface area contributed by atoms with Crippen molar-refractivity contribution in [3.05, 3.63) is 66.2 Å². The first-order valence-corrected chi connectivity index (χ1v) is 8.26. The standard InChI is InChI=1S/C17H15FN4OS/c1-12-7-8-13(18)9-15(12)20-16(23)10-24-17-21-19-11-22(17)14-5-3-2-4-6-14/h2-9,11H,10H2,1H3,(H,20,23). The molecule has 3 rings (SSSR count). The van der Waals surface area contributed by atoms with Gasteiger partial charge in [0.25, 0.3) is 0 Å². The second-order valence-electron chi connectivity index (χ2n) is 5.12. The summed E-state index contributed by atoms with van der Waals surface area (Å²) in [6, 6.07) is 13.9. The van der Waals surface area contributed by atoms with Crippen molar-refractivity contribution in [2.24, 2.45) is 0 Å². The van der Waals surface area contributed by atoms with Crippen LogP contribution in [0, 0.1) is 12.7 Å². The highest BCUT2D eigenvalue weighted by Gasteiger charge is 2.11. The molecule has 1 N–H and O–H groups in total. The highest BCUT2D eigenvalue weighted by atomic mass is 32.2. The summed E-state index contributed by atoms with van der Waals surface area (Å²) in [5, 5.41) is 11.3. The molecule has 122 valence electrons. The summed E-state index contributed by atoms with van der Waals surface area (Å²) in [4.78, 5) is 12.1. The van der Waals surface area contributed by atoms with Crippen LogP contribution in [0.3, 0.4) is 0 Å². The number of hydrogen-bond acceptors (Lipinski definition) is 4. The number of rotatable bonds is 5. The van der Waals surface area contributed by atoms with Gasteiger partial charge < -0.3 is 5.32 Å². The zero-order valence-corrected chi connectivity index (χ0v) is 13.8. The molecule has 0 aliphatic heterocycles. The minimum Gasteiger partial charge on any atom is -0.325 e. The van der Waals surface area contributed by atoms with Crippen molar-refractivity contribution in [2.45, 2.75) is 12.1 Å². The van der Waals surface area contributed by atoms with Gasteiger partial charge in [-0.3, -0.25) is 9.36 Å². The summed E-state index contributed by atoms with van der Waals surface area (Å²) >= 11 is 1.27. The third-order valence-corrected chi connectivity index (χ3v) is 4.30. The van der Waals surface area contributed by atoms with Crippen LogP contribution in [0.5, 0.6) is 0 Å². The van der Waals surface area contributed by atoms with E-state index in [1.165, 1.54) is 23.9 Å². The lowest BCUT2D eigenvalue weighted by atomic mass is 10.2. The Morgan fingerprint density at radius 2 is 2.04 bits per heavy atom. The number of hydrogen-bond donors (Lipinski definition) is 1. The van der Waals surface area contributed by atoms with Crippen molar-refractivity contribution >= 4 is 23.4 Å². The van der Waals surface area contributed by atoms with E-state index in [4.69, 9.17) is 0 Å². The average Bonchev–Trinajstić information content (AvgIpc) is 3.06. The van der Waals surface area contributed by atoms with E-state index >= 15 is 0 Å². The molecule has 1 aromatic heterocycles. The molecule has 1 heterocycles. The normalized spacial score (nSPS) is 10.6. The fourth-order valence-electron chi connectivity index (χ4n) is 2.13. The molecular weight excluding hydrogens is 327 g/mol. The molecule has 0 saturated heterocycles. The largest absolute Gasteiger partial charge is 0.325 e. The summed E-state index contributed by atoms with van der Waals surface area (Å²) < 4.78 is 15.1. The van der Waals surface area contributed by atoms with E-state index < -0.39 is 0 Å². The molecule has 0 aliphatic carbocycles. The Morgan fingerprint density at radius 1 is 1.25 bits per heavy atom. The maximum absolute atomic E-state index is 13.3. The zero-order chi connectivity index (χ0) is 16.9. The van der Waals surface area contributed by atoms with Crippen LogP contribution in [0.4, 0.5) is 10.1 Å². The van der Waals surface area contributed by atoms with Gasteiger partial charge in [0.2, 0.25) is 5.91 Å².